The number of nitrogens with zero attached hydrogens (tertiary/aromatic N) is 4. The highest BCUT2D eigenvalue weighted by Gasteiger charge is 2.31. The van der Waals surface area contributed by atoms with Gasteiger partial charge in [-0.2, -0.15) is 0 Å². The highest BCUT2D eigenvalue weighted by Crippen LogP contribution is 2.30. The third kappa shape index (κ3) is 3.48. The number of fused-ring (bicyclic) bond motifs is 1. The van der Waals surface area contributed by atoms with E-state index in [1.165, 1.54) is 31.3 Å². The number of likely N-dealkylation sites (tertiary alicyclic amines) is 1. The van der Waals surface area contributed by atoms with Crippen LogP contribution in [-0.2, 0) is 17.7 Å². The third-order valence-electron chi connectivity index (χ3n) is 5.63. The Kier molecular flexibility index (Phi) is 4.97. The molecule has 2 aliphatic rings. The topological polar surface area (TPSA) is 59.7 Å². The summed E-state index contributed by atoms with van der Waals surface area (Å²) in [5, 5.41) is 3.75. The molecular formula is C21H26N4O2. The van der Waals surface area contributed by atoms with Gasteiger partial charge in [0, 0.05) is 24.3 Å². The molecule has 4 rings (SSSR count). The average molecular weight is 366 g/mol. The normalized spacial score (nSPS) is 19.5. The molecule has 6 nitrogen and oxygen atoms in total. The smallest absolute Gasteiger partial charge is 0.253 e. The van der Waals surface area contributed by atoms with Crippen molar-refractivity contribution in [1.82, 2.24) is 14.5 Å². The molecule has 2 aromatic rings. The molecule has 1 aliphatic carbocycles. The van der Waals surface area contributed by atoms with E-state index >= 15 is 0 Å². The van der Waals surface area contributed by atoms with E-state index in [1.807, 2.05) is 29.2 Å². The van der Waals surface area contributed by atoms with Crippen LogP contribution >= 0.6 is 0 Å². The van der Waals surface area contributed by atoms with Crippen LogP contribution in [0.3, 0.4) is 0 Å². The summed E-state index contributed by atoms with van der Waals surface area (Å²) >= 11 is 0. The van der Waals surface area contributed by atoms with Crippen LogP contribution in [0.2, 0.25) is 0 Å². The SMILES string of the molecule is CON=Cc1ccc(C(=O)N2CCC(n3c(C)nc4c3CCCC4)C2)cc1. The van der Waals surface area contributed by atoms with Gasteiger partial charge in [-0.3, -0.25) is 4.79 Å². The van der Waals surface area contributed by atoms with Gasteiger partial charge in [0.2, 0.25) is 0 Å². The first-order valence-electron chi connectivity index (χ1n) is 9.70. The summed E-state index contributed by atoms with van der Waals surface area (Å²) in [6, 6.07) is 7.84. The minimum Gasteiger partial charge on any atom is -0.399 e. The van der Waals surface area contributed by atoms with Crippen molar-refractivity contribution < 1.29 is 9.63 Å². The van der Waals surface area contributed by atoms with Gasteiger partial charge in [0.05, 0.1) is 18.0 Å². The van der Waals surface area contributed by atoms with E-state index in [0.717, 1.165) is 49.3 Å². The summed E-state index contributed by atoms with van der Waals surface area (Å²) in [6.07, 6.45) is 7.32. The maximum absolute atomic E-state index is 12.9. The quantitative estimate of drug-likeness (QED) is 0.617. The molecule has 0 radical (unpaired) electrons. The number of imidazole rings is 1. The molecule has 0 saturated carbocycles. The zero-order valence-corrected chi connectivity index (χ0v) is 16.0. The molecule has 1 aromatic carbocycles. The Bertz CT molecular complexity index is 854. The minimum absolute atomic E-state index is 0.0966. The van der Waals surface area contributed by atoms with E-state index in [1.54, 1.807) is 6.21 Å². The van der Waals surface area contributed by atoms with Crippen LogP contribution in [0.25, 0.3) is 0 Å². The predicted octanol–water partition coefficient (Wildman–Crippen LogP) is 3.14. The summed E-state index contributed by atoms with van der Waals surface area (Å²) in [4.78, 5) is 24.4. The number of rotatable bonds is 4. The molecule has 1 fully saturated rings. The highest BCUT2D eigenvalue weighted by molar-refractivity contribution is 5.95. The molecule has 1 aromatic heterocycles. The number of amides is 1. The van der Waals surface area contributed by atoms with Gasteiger partial charge in [-0.25, -0.2) is 4.98 Å². The third-order valence-corrected chi connectivity index (χ3v) is 5.63. The zero-order valence-electron chi connectivity index (χ0n) is 16.0. The number of hydrogen-bond acceptors (Lipinski definition) is 4. The largest absolute Gasteiger partial charge is 0.399 e. The van der Waals surface area contributed by atoms with Crippen molar-refractivity contribution in [2.45, 2.75) is 45.1 Å². The molecule has 0 N–H and O–H groups in total. The Labute approximate surface area is 159 Å². The number of hydrogen-bond donors (Lipinski definition) is 0. The monoisotopic (exact) mass is 366 g/mol. The van der Waals surface area contributed by atoms with Crippen molar-refractivity contribution in [3.63, 3.8) is 0 Å². The van der Waals surface area contributed by atoms with E-state index in [0.29, 0.717) is 6.04 Å². The Hall–Kier alpha value is -2.63. The first-order chi connectivity index (χ1) is 13.2. The van der Waals surface area contributed by atoms with Crippen LogP contribution in [0.5, 0.6) is 0 Å². The number of aryl methyl sites for hydroxylation is 2. The van der Waals surface area contributed by atoms with Gasteiger partial charge in [-0.1, -0.05) is 17.3 Å². The van der Waals surface area contributed by atoms with Gasteiger partial charge < -0.3 is 14.3 Å². The predicted molar refractivity (Wildman–Crippen MR) is 104 cm³/mol. The van der Waals surface area contributed by atoms with Gasteiger partial charge in [0.1, 0.15) is 12.9 Å². The fraction of sp³-hybridized carbons (Fsp3) is 0.476. The van der Waals surface area contributed by atoms with E-state index in [2.05, 4.69) is 21.5 Å². The van der Waals surface area contributed by atoms with Crippen molar-refractivity contribution in [1.29, 1.82) is 0 Å². The number of carbonyl (C=O) groups excluding carboxylic acids is 1. The Morgan fingerprint density at radius 3 is 2.81 bits per heavy atom. The van der Waals surface area contributed by atoms with E-state index < -0.39 is 0 Å². The second kappa shape index (κ2) is 7.55. The average Bonchev–Trinajstić information content (AvgIpc) is 3.29. The number of oxime groups is 1. The van der Waals surface area contributed by atoms with Crippen LogP contribution in [0.1, 0.15) is 58.4 Å². The van der Waals surface area contributed by atoms with Crippen LogP contribution in [-0.4, -0.2) is 46.8 Å². The van der Waals surface area contributed by atoms with Crippen molar-refractivity contribution in [3.05, 3.63) is 52.6 Å². The molecule has 1 amide bonds. The van der Waals surface area contributed by atoms with Crippen molar-refractivity contribution in [2.24, 2.45) is 5.16 Å². The minimum atomic E-state index is 0.0966. The molecule has 2 heterocycles. The fourth-order valence-electron chi connectivity index (χ4n) is 4.33. The van der Waals surface area contributed by atoms with Gasteiger partial charge in [0.15, 0.2) is 0 Å². The Morgan fingerprint density at radius 2 is 2.04 bits per heavy atom. The summed E-state index contributed by atoms with van der Waals surface area (Å²) in [5.41, 5.74) is 4.31. The van der Waals surface area contributed by atoms with E-state index in [9.17, 15) is 4.79 Å². The molecular weight excluding hydrogens is 340 g/mol. The molecule has 1 unspecified atom stereocenters. The molecule has 1 atom stereocenters. The number of carbonyl (C=O) groups is 1. The maximum Gasteiger partial charge on any atom is 0.253 e. The number of aromatic nitrogens is 2. The van der Waals surface area contributed by atoms with Crippen LogP contribution < -0.4 is 0 Å². The maximum atomic E-state index is 12.9. The standard InChI is InChI=1S/C21H26N4O2/c1-15-23-19-5-3-4-6-20(19)25(15)18-11-12-24(14-18)21(26)17-9-7-16(8-10-17)13-22-27-2/h7-10,13,18H,3-6,11-12,14H2,1-2H3. The highest BCUT2D eigenvalue weighted by atomic mass is 16.6. The van der Waals surface area contributed by atoms with Crippen LogP contribution in [0.15, 0.2) is 29.4 Å². The van der Waals surface area contributed by atoms with E-state index in [4.69, 9.17) is 4.98 Å². The summed E-state index contributed by atoms with van der Waals surface area (Å²) in [5.74, 6) is 1.20. The Balaban J connectivity index is 1.47. The van der Waals surface area contributed by atoms with Crippen LogP contribution in [0, 0.1) is 6.92 Å². The second-order valence-electron chi connectivity index (χ2n) is 7.36. The molecule has 1 aliphatic heterocycles. The van der Waals surface area contributed by atoms with E-state index in [-0.39, 0.29) is 5.91 Å². The molecule has 27 heavy (non-hydrogen) atoms. The van der Waals surface area contributed by atoms with Crippen molar-refractivity contribution in [3.8, 4) is 0 Å². The first kappa shape index (κ1) is 17.8. The van der Waals surface area contributed by atoms with Gasteiger partial charge in [-0.15, -0.1) is 0 Å². The van der Waals surface area contributed by atoms with Gasteiger partial charge in [0.25, 0.3) is 5.91 Å². The number of benzene rings is 1. The Morgan fingerprint density at radius 1 is 1.26 bits per heavy atom. The zero-order chi connectivity index (χ0) is 18.8. The summed E-state index contributed by atoms with van der Waals surface area (Å²) < 4.78 is 2.41. The molecule has 142 valence electrons. The lowest BCUT2D eigenvalue weighted by Crippen LogP contribution is -2.29. The summed E-state index contributed by atoms with van der Waals surface area (Å²) in [7, 11) is 1.51. The van der Waals surface area contributed by atoms with Crippen LogP contribution in [0.4, 0.5) is 0 Å². The lowest BCUT2D eigenvalue weighted by Gasteiger charge is -2.21. The van der Waals surface area contributed by atoms with Crippen molar-refractivity contribution >= 4 is 12.1 Å². The summed E-state index contributed by atoms with van der Waals surface area (Å²) in [6.45, 7) is 3.65. The fourth-order valence-corrected chi connectivity index (χ4v) is 4.33. The lowest BCUT2D eigenvalue weighted by molar-refractivity contribution is 0.0787. The molecule has 0 spiro atoms. The molecule has 0 bridgehead atoms. The molecule has 1 saturated heterocycles. The lowest BCUT2D eigenvalue weighted by atomic mass is 10.0. The van der Waals surface area contributed by atoms with Gasteiger partial charge in [-0.05, 0) is 56.7 Å². The molecule has 6 heteroatoms. The second-order valence-corrected chi connectivity index (χ2v) is 7.36. The van der Waals surface area contributed by atoms with Gasteiger partial charge >= 0.3 is 0 Å². The van der Waals surface area contributed by atoms with Crippen molar-refractivity contribution in [2.75, 3.05) is 20.2 Å². The first-order valence-corrected chi connectivity index (χ1v) is 9.70.